The lowest BCUT2D eigenvalue weighted by atomic mass is 10.2. The van der Waals surface area contributed by atoms with Crippen LogP contribution in [0, 0.1) is 0 Å². The van der Waals surface area contributed by atoms with E-state index in [1.165, 1.54) is 12.2 Å². The van der Waals surface area contributed by atoms with Crippen LogP contribution in [-0.4, -0.2) is 0 Å². The molecule has 1 aliphatic carbocycles. The second-order valence-corrected chi connectivity index (χ2v) is 4.02. The van der Waals surface area contributed by atoms with Crippen LogP contribution in [0.15, 0.2) is 65.9 Å². The van der Waals surface area contributed by atoms with Crippen molar-refractivity contribution < 1.29 is 9.13 Å². The highest BCUT2D eigenvalue weighted by Gasteiger charge is 2.00. The average Bonchev–Trinajstić information content (AvgIpc) is 2.55. The van der Waals surface area contributed by atoms with E-state index in [4.69, 9.17) is 4.74 Å². The van der Waals surface area contributed by atoms with Crippen LogP contribution >= 0.6 is 15.9 Å². The summed E-state index contributed by atoms with van der Waals surface area (Å²) in [6.07, 6.45) is 5.79. The van der Waals surface area contributed by atoms with Gasteiger partial charge in [-0.2, -0.15) is 0 Å². The number of halogens is 2. The molecule has 0 atom stereocenters. The topological polar surface area (TPSA) is 9.23 Å². The third-order valence-electron chi connectivity index (χ3n) is 2.14. The van der Waals surface area contributed by atoms with Gasteiger partial charge in [0, 0.05) is 17.5 Å². The van der Waals surface area contributed by atoms with Gasteiger partial charge in [-0.25, -0.2) is 4.39 Å². The molecule has 1 aliphatic rings. The van der Waals surface area contributed by atoms with Crippen molar-refractivity contribution in [3.63, 3.8) is 0 Å². The largest absolute Gasteiger partial charge is 0.457 e. The molecule has 3 heteroatoms. The quantitative estimate of drug-likeness (QED) is 0.592. The predicted molar refractivity (Wildman–Crippen MR) is 69.6 cm³/mol. The fourth-order valence-electron chi connectivity index (χ4n) is 1.35. The van der Waals surface area contributed by atoms with Crippen LogP contribution in [-0.2, 0) is 5.33 Å². The highest BCUT2D eigenvalue weighted by Crippen LogP contribution is 2.19. The van der Waals surface area contributed by atoms with E-state index in [0.29, 0.717) is 5.76 Å². The molecule has 86 valence electrons. The molecule has 0 spiro atoms. The van der Waals surface area contributed by atoms with Gasteiger partial charge in [0.1, 0.15) is 17.3 Å². The molecule has 0 radical (unpaired) electrons. The van der Waals surface area contributed by atoms with Crippen molar-refractivity contribution in [1.82, 2.24) is 0 Å². The molecule has 2 rings (SSSR count). The predicted octanol–water partition coefficient (Wildman–Crippen LogP) is 4.42. The maximum absolute atomic E-state index is 12.9. The molecule has 17 heavy (non-hydrogen) atoms. The van der Waals surface area contributed by atoms with E-state index in [1.807, 2.05) is 24.3 Å². The van der Waals surface area contributed by atoms with Crippen molar-refractivity contribution in [3.05, 3.63) is 71.5 Å². The Hall–Kier alpha value is -1.57. The summed E-state index contributed by atoms with van der Waals surface area (Å²) in [7, 11) is 0. The van der Waals surface area contributed by atoms with Crippen molar-refractivity contribution in [2.45, 2.75) is 5.33 Å². The molecule has 0 N–H and O–H groups in total. The fraction of sp³-hybridized carbons (Fsp3) is 0.0714. The van der Waals surface area contributed by atoms with Gasteiger partial charge >= 0.3 is 0 Å². The second-order valence-electron chi connectivity index (χ2n) is 3.46. The molecule has 0 amide bonds. The van der Waals surface area contributed by atoms with Crippen molar-refractivity contribution in [1.29, 1.82) is 0 Å². The summed E-state index contributed by atoms with van der Waals surface area (Å²) in [5.41, 5.74) is 3.82. The van der Waals surface area contributed by atoms with E-state index < -0.39 is 0 Å². The van der Waals surface area contributed by atoms with Crippen molar-refractivity contribution >= 4 is 15.9 Å². The number of rotatable bonds is 3. The Morgan fingerprint density at radius 3 is 2.94 bits per heavy atom. The van der Waals surface area contributed by atoms with E-state index in [0.717, 1.165) is 16.6 Å². The zero-order valence-electron chi connectivity index (χ0n) is 8.99. The molecule has 1 aromatic carbocycles. The Kier molecular flexibility index (Phi) is 3.97. The minimum atomic E-state index is -0.339. The average molecular weight is 293 g/mol. The summed E-state index contributed by atoms with van der Waals surface area (Å²) in [4.78, 5) is 0. The number of benzene rings is 1. The lowest BCUT2D eigenvalue weighted by Crippen LogP contribution is -1.92. The Labute approximate surface area is 108 Å². The first kappa shape index (κ1) is 11.9. The molecular formula is C14H10BrFO. The third kappa shape index (κ3) is 3.45. The molecule has 0 aliphatic heterocycles. The van der Waals surface area contributed by atoms with Gasteiger partial charge in [0.15, 0.2) is 0 Å². The van der Waals surface area contributed by atoms with Crippen molar-refractivity contribution in [3.8, 4) is 5.75 Å². The molecule has 0 saturated heterocycles. The fourth-order valence-corrected chi connectivity index (χ4v) is 1.70. The summed E-state index contributed by atoms with van der Waals surface area (Å²) >= 11 is 3.38. The molecule has 0 fully saturated rings. The second kappa shape index (κ2) is 5.67. The molecule has 0 aromatic heterocycles. The molecule has 0 heterocycles. The smallest absolute Gasteiger partial charge is 0.135 e. The highest BCUT2D eigenvalue weighted by molar-refractivity contribution is 9.08. The zero-order valence-corrected chi connectivity index (χ0v) is 10.6. The van der Waals surface area contributed by atoms with Crippen LogP contribution in [0.25, 0.3) is 0 Å². The Morgan fingerprint density at radius 1 is 1.24 bits per heavy atom. The minimum absolute atomic E-state index is 0.339. The van der Waals surface area contributed by atoms with E-state index in [2.05, 4.69) is 21.7 Å². The maximum Gasteiger partial charge on any atom is 0.135 e. The Balaban J connectivity index is 2.19. The van der Waals surface area contributed by atoms with Gasteiger partial charge in [-0.3, -0.25) is 0 Å². The van der Waals surface area contributed by atoms with Gasteiger partial charge < -0.3 is 4.74 Å². The van der Waals surface area contributed by atoms with Gasteiger partial charge in [0.25, 0.3) is 0 Å². The molecule has 0 saturated carbocycles. The van der Waals surface area contributed by atoms with E-state index in [9.17, 15) is 4.39 Å². The van der Waals surface area contributed by atoms with Crippen LogP contribution in [0.2, 0.25) is 0 Å². The van der Waals surface area contributed by atoms with Crippen LogP contribution < -0.4 is 4.74 Å². The van der Waals surface area contributed by atoms with Gasteiger partial charge in [-0.05, 0) is 29.8 Å². The summed E-state index contributed by atoms with van der Waals surface area (Å²) < 4.78 is 18.5. The normalized spacial score (nSPS) is 14.0. The number of ether oxygens (including phenoxy) is 1. The molecule has 1 nitrogen and oxygen atoms in total. The van der Waals surface area contributed by atoms with Gasteiger partial charge in [0.2, 0.25) is 0 Å². The number of alkyl halides is 1. The first-order valence-corrected chi connectivity index (χ1v) is 6.23. The lowest BCUT2D eigenvalue weighted by Gasteiger charge is -2.06. The number of hydrogen-bond acceptors (Lipinski definition) is 1. The first-order chi connectivity index (χ1) is 8.28. The lowest BCUT2D eigenvalue weighted by molar-refractivity contribution is 0.444. The maximum atomic E-state index is 12.9. The summed E-state index contributed by atoms with van der Waals surface area (Å²) in [6.45, 7) is 0. The number of allylic oxidation sites excluding steroid dienone is 4. The summed E-state index contributed by atoms with van der Waals surface area (Å²) in [5, 5.41) is 0.771. The minimum Gasteiger partial charge on any atom is -0.457 e. The van der Waals surface area contributed by atoms with Crippen LogP contribution in [0.1, 0.15) is 5.56 Å². The van der Waals surface area contributed by atoms with Gasteiger partial charge in [-0.1, -0.05) is 28.1 Å². The van der Waals surface area contributed by atoms with Crippen molar-refractivity contribution in [2.75, 3.05) is 0 Å². The third-order valence-corrected chi connectivity index (χ3v) is 2.79. The molecule has 0 bridgehead atoms. The van der Waals surface area contributed by atoms with Gasteiger partial charge in [0.05, 0.1) is 0 Å². The molecule has 1 aromatic rings. The van der Waals surface area contributed by atoms with Gasteiger partial charge in [-0.15, -0.1) is 5.73 Å². The summed E-state index contributed by atoms with van der Waals surface area (Å²) in [5.74, 6) is 0.941. The van der Waals surface area contributed by atoms with E-state index in [-0.39, 0.29) is 5.83 Å². The van der Waals surface area contributed by atoms with E-state index in [1.54, 1.807) is 12.2 Å². The zero-order chi connectivity index (χ0) is 12.1. The van der Waals surface area contributed by atoms with Crippen LogP contribution in [0.4, 0.5) is 4.39 Å². The van der Waals surface area contributed by atoms with Crippen molar-refractivity contribution in [2.24, 2.45) is 0 Å². The standard InChI is InChI=1S/C14H10BrFO/c15-10-11-3-1-6-14(9-11)17-13-5-2-4-12(16)7-8-13/h1,3-9H,10H2. The first-order valence-electron chi connectivity index (χ1n) is 5.10. The van der Waals surface area contributed by atoms with Crippen LogP contribution in [0.5, 0.6) is 5.75 Å². The Morgan fingerprint density at radius 2 is 2.12 bits per heavy atom. The molecule has 0 unspecified atom stereocenters. The summed E-state index contributed by atoms with van der Waals surface area (Å²) in [6, 6.07) is 7.70. The van der Waals surface area contributed by atoms with E-state index >= 15 is 0 Å². The molecular weight excluding hydrogens is 283 g/mol. The SMILES string of the molecule is FC1=CC=C(Oc2cccc(CBr)c2)C=C=C1. The highest BCUT2D eigenvalue weighted by atomic mass is 79.9. The monoisotopic (exact) mass is 292 g/mol. The number of hydrogen-bond donors (Lipinski definition) is 0. The Bertz CT molecular complexity index is 537. The van der Waals surface area contributed by atoms with Crippen LogP contribution in [0.3, 0.4) is 0 Å².